The molecule has 3 aromatic carbocycles. The molecule has 0 fully saturated rings. The molecule has 0 heterocycles. The molecule has 1 atom stereocenters. The number of halogens is 2. The Hall–Kier alpha value is -3.55. The Morgan fingerprint density at radius 3 is 2.17 bits per heavy atom. The Bertz CT molecular complexity index is 1220. The molecule has 0 unspecified atom stereocenters. The fraction of sp³-hybridized carbons (Fsp3) is 0.192. The van der Waals surface area contributed by atoms with Crippen LogP contribution in [0.2, 0.25) is 10.0 Å². The van der Waals surface area contributed by atoms with E-state index in [2.05, 4.69) is 5.32 Å². The van der Waals surface area contributed by atoms with Gasteiger partial charge in [-0.05, 0) is 23.8 Å². The molecule has 0 aliphatic carbocycles. The first-order chi connectivity index (χ1) is 16.7. The number of phenols is 1. The zero-order valence-corrected chi connectivity index (χ0v) is 20.5. The van der Waals surface area contributed by atoms with Crippen LogP contribution in [0.5, 0.6) is 11.5 Å². The van der Waals surface area contributed by atoms with Crippen LogP contribution in [0.25, 0.3) is 0 Å². The molecule has 3 rings (SSSR count). The number of phenolic OH excluding ortho intramolecular Hbond substituents is 1. The molecule has 0 radical (unpaired) electrons. The number of hydrogen-bond acceptors (Lipinski definition) is 6. The van der Waals surface area contributed by atoms with Crippen LogP contribution < -0.4 is 10.1 Å². The van der Waals surface area contributed by atoms with Crippen LogP contribution in [-0.2, 0) is 16.0 Å². The summed E-state index contributed by atoms with van der Waals surface area (Å²) < 4.78 is 10.9. The molecular weight excluding hydrogens is 493 g/mol. The number of rotatable bonds is 8. The van der Waals surface area contributed by atoms with Gasteiger partial charge >= 0.3 is 11.9 Å². The molecule has 2 N–H and O–H groups in total. The summed E-state index contributed by atoms with van der Waals surface area (Å²) >= 11 is 12.2. The van der Waals surface area contributed by atoms with Crippen LogP contribution in [-0.4, -0.2) is 29.2 Å². The fourth-order valence-electron chi connectivity index (χ4n) is 3.04. The van der Waals surface area contributed by atoms with Gasteiger partial charge in [0.25, 0.3) is 5.91 Å². The average molecular weight is 516 g/mol. The van der Waals surface area contributed by atoms with Crippen molar-refractivity contribution in [3.8, 4) is 11.5 Å². The highest BCUT2D eigenvalue weighted by Gasteiger charge is 2.27. The Morgan fingerprint density at radius 1 is 0.971 bits per heavy atom. The SMILES string of the molecule is CC(C)C(=O)O[C@H](Cc1ccccc1)NC(=O)c1cc(Cl)c(O)c(Cl)c1OC(=O)c1ccccc1. The Kier molecular flexibility index (Phi) is 8.73. The van der Waals surface area contributed by atoms with Crippen molar-refractivity contribution in [3.63, 3.8) is 0 Å². The van der Waals surface area contributed by atoms with Crippen LogP contribution >= 0.6 is 23.2 Å². The maximum atomic E-state index is 13.3. The van der Waals surface area contributed by atoms with Crippen LogP contribution in [0.1, 0.15) is 40.1 Å². The maximum absolute atomic E-state index is 13.3. The van der Waals surface area contributed by atoms with Crippen LogP contribution in [0, 0.1) is 5.92 Å². The normalized spacial score (nSPS) is 11.6. The van der Waals surface area contributed by atoms with Gasteiger partial charge in [-0.3, -0.25) is 9.59 Å². The standard InChI is InChI=1S/C26H23Cl2NO6/c1-15(2)25(32)34-20(13-16-9-5-3-6-10-16)29-24(31)18-14-19(27)22(30)21(28)23(18)35-26(33)17-11-7-4-8-12-17/h3-12,14-15,20,30H,13H2,1-2H3,(H,29,31)/t20-/m1/s1. The quantitative estimate of drug-likeness (QED) is 0.236. The van der Waals surface area contributed by atoms with E-state index >= 15 is 0 Å². The average Bonchev–Trinajstić information content (AvgIpc) is 2.85. The predicted molar refractivity (Wildman–Crippen MR) is 132 cm³/mol. The van der Waals surface area contributed by atoms with Crippen molar-refractivity contribution in [2.45, 2.75) is 26.5 Å². The Balaban J connectivity index is 1.92. The van der Waals surface area contributed by atoms with Crippen LogP contribution in [0.3, 0.4) is 0 Å². The van der Waals surface area contributed by atoms with Gasteiger partial charge in [-0.1, -0.05) is 85.6 Å². The number of amides is 1. The number of ether oxygens (including phenoxy) is 2. The molecule has 0 aliphatic rings. The van der Waals surface area contributed by atoms with E-state index in [1.165, 1.54) is 12.1 Å². The second kappa shape index (κ2) is 11.7. The summed E-state index contributed by atoms with van der Waals surface area (Å²) in [5.74, 6) is -3.44. The molecule has 3 aromatic rings. The number of benzene rings is 3. The summed E-state index contributed by atoms with van der Waals surface area (Å²) in [4.78, 5) is 38.1. The van der Waals surface area contributed by atoms with Crippen molar-refractivity contribution >= 4 is 41.0 Å². The summed E-state index contributed by atoms with van der Waals surface area (Å²) in [5.41, 5.74) is 0.796. The zero-order valence-electron chi connectivity index (χ0n) is 19.0. The van der Waals surface area contributed by atoms with Crippen LogP contribution in [0.15, 0.2) is 66.7 Å². The third-order valence-electron chi connectivity index (χ3n) is 4.88. The fourth-order valence-corrected chi connectivity index (χ4v) is 3.53. The highest BCUT2D eigenvalue weighted by atomic mass is 35.5. The predicted octanol–water partition coefficient (Wildman–Crippen LogP) is 5.42. The molecule has 0 saturated carbocycles. The van der Waals surface area contributed by atoms with E-state index in [4.69, 9.17) is 32.7 Å². The van der Waals surface area contributed by atoms with Gasteiger partial charge in [-0.2, -0.15) is 0 Å². The summed E-state index contributed by atoms with van der Waals surface area (Å²) in [7, 11) is 0. The molecule has 0 aromatic heterocycles. The molecule has 1 amide bonds. The molecule has 0 saturated heterocycles. The molecular formula is C26H23Cl2NO6. The maximum Gasteiger partial charge on any atom is 0.343 e. The third-order valence-corrected chi connectivity index (χ3v) is 5.52. The van der Waals surface area contributed by atoms with E-state index in [9.17, 15) is 19.5 Å². The van der Waals surface area contributed by atoms with Gasteiger partial charge in [-0.25, -0.2) is 4.79 Å². The minimum atomic E-state index is -1.04. The van der Waals surface area contributed by atoms with Crippen molar-refractivity contribution in [1.29, 1.82) is 0 Å². The molecule has 7 nitrogen and oxygen atoms in total. The van der Waals surface area contributed by atoms with Gasteiger partial charge in [0, 0.05) is 6.42 Å². The molecule has 0 spiro atoms. The van der Waals surface area contributed by atoms with Gasteiger partial charge in [0.05, 0.1) is 22.1 Å². The summed E-state index contributed by atoms with van der Waals surface area (Å²) in [6.07, 6.45) is -0.854. The third kappa shape index (κ3) is 6.74. The lowest BCUT2D eigenvalue weighted by Gasteiger charge is -2.22. The first-order valence-corrected chi connectivity index (χ1v) is 11.5. The first kappa shape index (κ1) is 26.1. The lowest BCUT2D eigenvalue weighted by atomic mass is 10.1. The van der Waals surface area contributed by atoms with Gasteiger partial charge in [-0.15, -0.1) is 0 Å². The minimum Gasteiger partial charge on any atom is -0.505 e. The van der Waals surface area contributed by atoms with E-state index in [-0.39, 0.29) is 28.3 Å². The molecule has 0 bridgehead atoms. The largest absolute Gasteiger partial charge is 0.505 e. The van der Waals surface area contributed by atoms with Gasteiger partial charge in [0.15, 0.2) is 17.7 Å². The Morgan fingerprint density at radius 2 is 1.57 bits per heavy atom. The number of nitrogens with one attached hydrogen (secondary N) is 1. The lowest BCUT2D eigenvalue weighted by molar-refractivity contribution is -0.153. The number of carbonyl (C=O) groups excluding carboxylic acids is 3. The van der Waals surface area contributed by atoms with Crippen molar-refractivity contribution in [3.05, 3.63) is 93.5 Å². The molecule has 35 heavy (non-hydrogen) atoms. The number of carbonyl (C=O) groups is 3. The second-order valence-electron chi connectivity index (χ2n) is 7.90. The monoisotopic (exact) mass is 515 g/mol. The number of esters is 2. The van der Waals surface area contributed by atoms with E-state index in [1.807, 2.05) is 30.3 Å². The van der Waals surface area contributed by atoms with Gasteiger partial charge < -0.3 is 19.9 Å². The van der Waals surface area contributed by atoms with E-state index in [0.29, 0.717) is 0 Å². The highest BCUT2D eigenvalue weighted by Crippen LogP contribution is 2.42. The Labute approximate surface area is 212 Å². The number of aromatic hydroxyl groups is 1. The van der Waals surface area contributed by atoms with Crippen molar-refractivity contribution in [1.82, 2.24) is 5.32 Å². The van der Waals surface area contributed by atoms with Crippen molar-refractivity contribution in [2.75, 3.05) is 0 Å². The van der Waals surface area contributed by atoms with Crippen LogP contribution in [0.4, 0.5) is 0 Å². The van der Waals surface area contributed by atoms with E-state index in [1.54, 1.807) is 32.0 Å². The highest BCUT2D eigenvalue weighted by molar-refractivity contribution is 6.39. The molecule has 0 aliphatic heterocycles. The topological polar surface area (TPSA) is 102 Å². The smallest absolute Gasteiger partial charge is 0.343 e. The molecule has 182 valence electrons. The van der Waals surface area contributed by atoms with Gasteiger partial charge in [0.2, 0.25) is 0 Å². The summed E-state index contributed by atoms with van der Waals surface area (Å²) in [6.45, 7) is 3.34. The minimum absolute atomic E-state index is 0.184. The van der Waals surface area contributed by atoms with Crippen molar-refractivity contribution < 1.29 is 29.0 Å². The summed E-state index contributed by atoms with van der Waals surface area (Å²) in [6, 6.07) is 18.3. The van der Waals surface area contributed by atoms with Crippen molar-refractivity contribution in [2.24, 2.45) is 5.92 Å². The zero-order chi connectivity index (χ0) is 25.5. The lowest BCUT2D eigenvalue weighted by Crippen LogP contribution is -2.41. The summed E-state index contributed by atoms with van der Waals surface area (Å²) in [5, 5.41) is 12.2. The second-order valence-corrected chi connectivity index (χ2v) is 8.68. The molecule has 9 heteroatoms. The van der Waals surface area contributed by atoms with E-state index in [0.717, 1.165) is 11.6 Å². The first-order valence-electron chi connectivity index (χ1n) is 10.7. The van der Waals surface area contributed by atoms with Gasteiger partial charge in [0.1, 0.15) is 5.02 Å². The van der Waals surface area contributed by atoms with E-state index < -0.39 is 40.8 Å². The number of hydrogen-bond donors (Lipinski definition) is 2.